The van der Waals surface area contributed by atoms with E-state index in [0.29, 0.717) is 12.1 Å². The van der Waals surface area contributed by atoms with Crippen LogP contribution < -0.4 is 10.6 Å². The fourth-order valence-corrected chi connectivity index (χ4v) is 4.38. The van der Waals surface area contributed by atoms with Gasteiger partial charge >= 0.3 is 6.03 Å². The molecule has 1 aromatic rings. The van der Waals surface area contributed by atoms with Crippen LogP contribution in [0.1, 0.15) is 25.0 Å². The maximum atomic E-state index is 12.3. The Balaban J connectivity index is 1.68. The van der Waals surface area contributed by atoms with Gasteiger partial charge in [-0.15, -0.1) is 0 Å². The quantitative estimate of drug-likeness (QED) is 0.426. The Hall–Kier alpha value is -4.22. The number of allylic oxidation sites excluding steroid dienone is 8. The van der Waals surface area contributed by atoms with E-state index in [-0.39, 0.29) is 11.0 Å². The minimum Gasteiger partial charge on any atom is -0.354 e. The number of anilines is 1. The average molecular weight is 457 g/mol. The molecule has 0 spiro atoms. The summed E-state index contributed by atoms with van der Waals surface area (Å²) < 4.78 is 0. The minimum atomic E-state index is -0.679. The van der Waals surface area contributed by atoms with Gasteiger partial charge in [0.2, 0.25) is 0 Å². The number of barbiturate groups is 1. The highest BCUT2D eigenvalue weighted by Crippen LogP contribution is 2.49. The number of urea groups is 1. The molecule has 3 N–H and O–H groups in total. The second kappa shape index (κ2) is 8.28. The maximum Gasteiger partial charge on any atom is 0.333 e. The molecular weight excluding hydrogens is 430 g/mol. The summed E-state index contributed by atoms with van der Waals surface area (Å²) >= 11 is 0. The van der Waals surface area contributed by atoms with Crippen molar-refractivity contribution in [1.82, 2.24) is 9.80 Å². The van der Waals surface area contributed by atoms with Crippen LogP contribution in [0.3, 0.4) is 0 Å². The third kappa shape index (κ3) is 3.47. The van der Waals surface area contributed by atoms with Crippen LogP contribution in [0.15, 0.2) is 77.2 Å². The molecule has 0 aromatic heterocycles. The molecular formula is C26H26N5O3+. The second-order valence-electron chi connectivity index (χ2n) is 8.87. The van der Waals surface area contributed by atoms with Crippen LogP contribution in [0.5, 0.6) is 0 Å². The Bertz CT molecular complexity index is 1290. The number of benzene rings is 1. The Morgan fingerprint density at radius 3 is 2.44 bits per heavy atom. The van der Waals surface area contributed by atoms with Crippen LogP contribution in [0, 0.1) is 11.3 Å². The number of hydrogen-bond acceptors (Lipinski definition) is 5. The zero-order valence-electron chi connectivity index (χ0n) is 19.6. The normalized spacial score (nSPS) is 20.5. The fourth-order valence-electron chi connectivity index (χ4n) is 4.38. The molecule has 3 aliphatic heterocycles. The van der Waals surface area contributed by atoms with Crippen molar-refractivity contribution in [3.63, 3.8) is 0 Å². The van der Waals surface area contributed by atoms with Crippen molar-refractivity contribution in [2.24, 2.45) is 0 Å². The van der Waals surface area contributed by atoms with Gasteiger partial charge in [0.05, 0.1) is 18.2 Å². The summed E-state index contributed by atoms with van der Waals surface area (Å²) in [4.78, 5) is 40.5. The Morgan fingerprint density at radius 2 is 1.82 bits per heavy atom. The largest absolute Gasteiger partial charge is 0.354 e. The highest BCUT2D eigenvalue weighted by Gasteiger charge is 2.41. The number of nitrogens with zero attached hydrogens (tertiary/aromatic N) is 4. The van der Waals surface area contributed by atoms with E-state index < -0.39 is 17.8 Å². The lowest BCUT2D eigenvalue weighted by atomic mass is 9.82. The van der Waals surface area contributed by atoms with Crippen molar-refractivity contribution in [3.8, 4) is 6.07 Å². The third-order valence-corrected chi connectivity index (χ3v) is 6.48. The van der Waals surface area contributed by atoms with Gasteiger partial charge in [-0.1, -0.05) is 26.0 Å². The Kier molecular flexibility index (Phi) is 5.59. The molecule has 0 aliphatic carbocycles. The van der Waals surface area contributed by atoms with Crippen LogP contribution in [0.4, 0.5) is 10.5 Å². The van der Waals surface area contributed by atoms with Gasteiger partial charge in [0, 0.05) is 42.7 Å². The first kappa shape index (κ1) is 23.0. The second-order valence-corrected chi connectivity index (χ2v) is 8.87. The Labute approximate surface area is 198 Å². The minimum absolute atomic E-state index is 0.138. The van der Waals surface area contributed by atoms with Crippen molar-refractivity contribution in [3.05, 3.63) is 88.3 Å². The average Bonchev–Trinajstić information content (AvgIpc) is 3.07. The summed E-state index contributed by atoms with van der Waals surface area (Å²) in [5.74, 6) is -1.35. The number of likely N-dealkylation sites (N-methyl/N-ethyl adjacent to an activating group) is 2. The molecule has 8 heteroatoms. The lowest BCUT2D eigenvalue weighted by molar-refractivity contribution is -0.386. The summed E-state index contributed by atoms with van der Waals surface area (Å²) in [5.41, 5.74) is 9.26. The van der Waals surface area contributed by atoms with Gasteiger partial charge in [0.25, 0.3) is 11.8 Å². The molecule has 0 unspecified atom stereocenters. The van der Waals surface area contributed by atoms with Gasteiger partial charge in [-0.3, -0.25) is 19.4 Å². The summed E-state index contributed by atoms with van der Waals surface area (Å²) in [5, 5.41) is 9.79. The number of carbonyl (C=O) groups excluding carboxylic acids is 3. The topological polar surface area (TPSA) is 112 Å². The summed E-state index contributed by atoms with van der Waals surface area (Å²) in [6.07, 6.45) is 10.2. The predicted molar refractivity (Wildman–Crippen MR) is 127 cm³/mol. The number of amides is 4. The van der Waals surface area contributed by atoms with E-state index in [2.05, 4.69) is 48.7 Å². The highest BCUT2D eigenvalue weighted by molar-refractivity contribution is 6.28. The van der Waals surface area contributed by atoms with Crippen molar-refractivity contribution in [2.75, 3.05) is 19.0 Å². The number of quaternary nitrogens is 1. The molecule has 1 aromatic carbocycles. The molecule has 0 saturated carbocycles. The van der Waals surface area contributed by atoms with Gasteiger partial charge in [0.15, 0.2) is 0 Å². The van der Waals surface area contributed by atoms with E-state index in [1.54, 1.807) is 6.08 Å². The van der Waals surface area contributed by atoms with Crippen LogP contribution >= 0.6 is 0 Å². The molecule has 3 heterocycles. The molecule has 0 bridgehead atoms. The molecule has 8 nitrogen and oxygen atoms in total. The molecule has 3 aliphatic rings. The monoisotopic (exact) mass is 456 g/mol. The van der Waals surface area contributed by atoms with Crippen LogP contribution in [-0.4, -0.2) is 41.7 Å². The van der Waals surface area contributed by atoms with Gasteiger partial charge in [-0.2, -0.15) is 5.26 Å². The number of imide groups is 2. The van der Waals surface area contributed by atoms with Crippen LogP contribution in [0.2, 0.25) is 0 Å². The van der Waals surface area contributed by atoms with Crippen molar-refractivity contribution in [1.29, 1.82) is 5.26 Å². The number of fused-ring (bicyclic) bond motifs is 3. The molecule has 172 valence electrons. The lowest BCUT2D eigenvalue weighted by Gasteiger charge is -2.28. The summed E-state index contributed by atoms with van der Waals surface area (Å²) in [7, 11) is 2.64. The van der Waals surface area contributed by atoms with Gasteiger partial charge in [-0.05, 0) is 47.6 Å². The zero-order chi connectivity index (χ0) is 24.8. The molecule has 1 fully saturated rings. The number of carbonyl (C=O) groups is 3. The first-order valence-electron chi connectivity index (χ1n) is 10.9. The van der Waals surface area contributed by atoms with Crippen molar-refractivity contribution in [2.45, 2.75) is 25.8 Å². The van der Waals surface area contributed by atoms with Gasteiger partial charge in [0.1, 0.15) is 5.57 Å². The van der Waals surface area contributed by atoms with E-state index >= 15 is 0 Å². The first-order valence-corrected chi connectivity index (χ1v) is 10.9. The standard InChI is InChI=1S/C26H25N5O3/c1-26(2)20-12-16(14-27)8-9-21(20)31-11-10-17(13-22(26)31)18(15-28)6-5-7-19-23(32)29(3)25(34)30(4)24(19)33/h5-13H,14,27H2,1-4H3/p+1/b6-5+,18-17+. The first-order chi connectivity index (χ1) is 16.1. The predicted octanol–water partition coefficient (Wildman–Crippen LogP) is 2.29. The van der Waals surface area contributed by atoms with Gasteiger partial charge < -0.3 is 10.6 Å². The smallest absolute Gasteiger partial charge is 0.333 e. The zero-order valence-corrected chi connectivity index (χ0v) is 19.6. The van der Waals surface area contributed by atoms with Crippen molar-refractivity contribution < 1.29 is 20.1 Å². The maximum absolute atomic E-state index is 12.3. The summed E-state index contributed by atoms with van der Waals surface area (Å²) in [6.45, 7) is 5.03. The number of rotatable bonds is 3. The van der Waals surface area contributed by atoms with E-state index in [0.717, 1.165) is 26.8 Å². The SMILES string of the molecule is CN1C(=O)C(=C/C=C/C(C#N)=C2/C=CN3C(=C2)C(C)(C)c2cc(C[NH3+])ccc23)C(=O)N(C)C1=O. The molecule has 0 atom stereocenters. The lowest BCUT2D eigenvalue weighted by Crippen LogP contribution is -2.52. The highest BCUT2D eigenvalue weighted by atomic mass is 16.2. The van der Waals surface area contributed by atoms with Crippen molar-refractivity contribution >= 4 is 23.5 Å². The molecule has 4 amide bonds. The molecule has 1 saturated heterocycles. The molecule has 34 heavy (non-hydrogen) atoms. The molecule has 4 rings (SSSR count). The molecule has 0 radical (unpaired) electrons. The van der Waals surface area contributed by atoms with Crippen LogP contribution in [0.25, 0.3) is 0 Å². The van der Waals surface area contributed by atoms with Crippen LogP contribution in [-0.2, 0) is 21.5 Å². The number of hydrogen-bond donors (Lipinski definition) is 1. The van der Waals surface area contributed by atoms with E-state index in [9.17, 15) is 19.6 Å². The van der Waals surface area contributed by atoms with E-state index in [1.807, 2.05) is 18.4 Å². The van der Waals surface area contributed by atoms with E-state index in [1.165, 1.54) is 37.4 Å². The van der Waals surface area contributed by atoms with Gasteiger partial charge in [-0.25, -0.2) is 4.79 Å². The Morgan fingerprint density at radius 1 is 1.15 bits per heavy atom. The fraction of sp³-hybridized carbons (Fsp3) is 0.231. The number of nitriles is 1. The summed E-state index contributed by atoms with van der Waals surface area (Å²) in [6, 6.07) is 7.89. The van der Waals surface area contributed by atoms with E-state index in [4.69, 9.17) is 0 Å². The third-order valence-electron chi connectivity index (χ3n) is 6.48.